The van der Waals surface area contributed by atoms with Crippen LogP contribution in [-0.4, -0.2) is 19.9 Å². The molecule has 0 saturated heterocycles. The van der Waals surface area contributed by atoms with E-state index in [0.29, 0.717) is 17.8 Å². The first kappa shape index (κ1) is 14.9. The molecule has 3 rings (SSSR count). The molecule has 0 N–H and O–H groups in total. The zero-order valence-corrected chi connectivity index (χ0v) is 13.6. The Hall–Kier alpha value is -2.05. The normalized spacial score (nSPS) is 10.7. The van der Waals surface area contributed by atoms with Crippen molar-refractivity contribution < 1.29 is 4.74 Å². The summed E-state index contributed by atoms with van der Waals surface area (Å²) in [6, 6.07) is 5.89. The number of aryl methyl sites for hydroxylation is 2. The molecule has 0 fully saturated rings. The fourth-order valence-corrected chi connectivity index (χ4v) is 2.98. The van der Waals surface area contributed by atoms with Crippen LogP contribution in [0.3, 0.4) is 0 Å². The molecule has 0 spiro atoms. The van der Waals surface area contributed by atoms with Crippen LogP contribution in [0.4, 0.5) is 0 Å². The second kappa shape index (κ2) is 6.37. The van der Waals surface area contributed by atoms with Gasteiger partial charge in [-0.15, -0.1) is 11.3 Å². The fourth-order valence-electron chi connectivity index (χ4n) is 1.87. The van der Waals surface area contributed by atoms with Crippen LogP contribution in [0.2, 0.25) is 5.15 Å². The molecule has 3 aromatic rings. The van der Waals surface area contributed by atoms with Crippen LogP contribution in [0.5, 0.6) is 6.01 Å². The first-order valence-corrected chi connectivity index (χ1v) is 7.82. The Morgan fingerprint density at radius 3 is 2.64 bits per heavy atom. The molecule has 3 heterocycles. The number of ether oxygens (including phenoxy) is 1. The molecule has 5 nitrogen and oxygen atoms in total. The van der Waals surface area contributed by atoms with Crippen molar-refractivity contribution in [3.63, 3.8) is 0 Å². The highest BCUT2D eigenvalue weighted by molar-refractivity contribution is 7.15. The van der Waals surface area contributed by atoms with E-state index >= 15 is 0 Å². The first-order chi connectivity index (χ1) is 10.6. The van der Waals surface area contributed by atoms with Gasteiger partial charge in [0.25, 0.3) is 0 Å². The van der Waals surface area contributed by atoms with E-state index in [1.807, 2.05) is 26.0 Å². The van der Waals surface area contributed by atoms with Crippen molar-refractivity contribution in [2.45, 2.75) is 20.5 Å². The number of thiazole rings is 1. The molecular weight excluding hydrogens is 320 g/mol. The van der Waals surface area contributed by atoms with Crippen molar-refractivity contribution in [1.82, 2.24) is 19.9 Å². The van der Waals surface area contributed by atoms with Crippen molar-refractivity contribution in [2.24, 2.45) is 0 Å². The molecule has 0 aromatic carbocycles. The standard InChI is InChI=1S/C15H13ClN4OS/c1-9-6-17-15(18-7-9)21-8-13-19-10(2)14(22-13)11-4-3-5-12(16)20-11/h3-7H,8H2,1-2H3. The van der Waals surface area contributed by atoms with Crippen LogP contribution in [0, 0.1) is 13.8 Å². The Morgan fingerprint density at radius 2 is 1.91 bits per heavy atom. The molecule has 22 heavy (non-hydrogen) atoms. The molecule has 0 aliphatic carbocycles. The highest BCUT2D eigenvalue weighted by Crippen LogP contribution is 2.29. The maximum atomic E-state index is 5.94. The molecule has 0 atom stereocenters. The Bertz CT molecular complexity index is 788. The van der Waals surface area contributed by atoms with Gasteiger partial charge in [0.15, 0.2) is 0 Å². The second-order valence-corrected chi connectivity index (χ2v) is 6.17. The molecule has 0 bridgehead atoms. The van der Waals surface area contributed by atoms with Gasteiger partial charge in [-0.1, -0.05) is 17.7 Å². The molecule has 112 valence electrons. The summed E-state index contributed by atoms with van der Waals surface area (Å²) >= 11 is 7.47. The zero-order valence-electron chi connectivity index (χ0n) is 12.1. The summed E-state index contributed by atoms with van der Waals surface area (Å²) in [5.41, 5.74) is 2.72. The highest BCUT2D eigenvalue weighted by atomic mass is 35.5. The minimum atomic E-state index is 0.329. The van der Waals surface area contributed by atoms with Crippen molar-refractivity contribution in [3.8, 4) is 16.6 Å². The van der Waals surface area contributed by atoms with Crippen LogP contribution < -0.4 is 4.74 Å². The number of pyridine rings is 1. The lowest BCUT2D eigenvalue weighted by molar-refractivity contribution is 0.280. The maximum absolute atomic E-state index is 5.94. The van der Waals surface area contributed by atoms with Gasteiger partial charge in [-0.2, -0.15) is 0 Å². The molecule has 0 amide bonds. The van der Waals surface area contributed by atoms with Gasteiger partial charge in [-0.05, 0) is 31.5 Å². The average molecular weight is 333 g/mol. The predicted octanol–water partition coefficient (Wildman–Crippen LogP) is 3.84. The Balaban J connectivity index is 1.76. The van der Waals surface area contributed by atoms with Gasteiger partial charge in [-0.25, -0.2) is 19.9 Å². The summed E-state index contributed by atoms with van der Waals surface area (Å²) in [5, 5.41) is 1.31. The minimum Gasteiger partial charge on any atom is -0.456 e. The van der Waals surface area contributed by atoms with Gasteiger partial charge < -0.3 is 4.74 Å². The van der Waals surface area contributed by atoms with E-state index in [-0.39, 0.29) is 0 Å². The van der Waals surface area contributed by atoms with Crippen molar-refractivity contribution in [3.05, 3.63) is 52.0 Å². The average Bonchev–Trinajstić information content (AvgIpc) is 2.88. The quantitative estimate of drug-likeness (QED) is 0.679. The molecule has 0 saturated carbocycles. The lowest BCUT2D eigenvalue weighted by atomic mass is 10.3. The van der Waals surface area contributed by atoms with Crippen LogP contribution in [0.1, 0.15) is 16.3 Å². The lowest BCUT2D eigenvalue weighted by Crippen LogP contribution is -1.99. The molecule has 0 aliphatic heterocycles. The third kappa shape index (κ3) is 3.40. The van der Waals surface area contributed by atoms with Crippen LogP contribution in [-0.2, 0) is 6.61 Å². The van der Waals surface area contributed by atoms with Crippen molar-refractivity contribution in [2.75, 3.05) is 0 Å². The van der Waals surface area contributed by atoms with Gasteiger partial charge in [0.05, 0.1) is 16.3 Å². The molecular formula is C15H13ClN4OS. The number of hydrogen-bond donors (Lipinski definition) is 0. The summed E-state index contributed by atoms with van der Waals surface area (Å²) in [6.45, 7) is 4.20. The third-order valence-electron chi connectivity index (χ3n) is 2.87. The Kier molecular flexibility index (Phi) is 4.31. The van der Waals surface area contributed by atoms with Gasteiger partial charge >= 0.3 is 6.01 Å². The van der Waals surface area contributed by atoms with E-state index in [2.05, 4.69) is 19.9 Å². The molecule has 0 radical (unpaired) electrons. The van der Waals surface area contributed by atoms with Crippen molar-refractivity contribution >= 4 is 22.9 Å². The smallest absolute Gasteiger partial charge is 0.316 e. The predicted molar refractivity (Wildman–Crippen MR) is 86.2 cm³/mol. The number of rotatable bonds is 4. The summed E-state index contributed by atoms with van der Waals surface area (Å²) in [7, 11) is 0. The minimum absolute atomic E-state index is 0.329. The van der Waals surface area contributed by atoms with E-state index in [1.54, 1.807) is 18.5 Å². The summed E-state index contributed by atoms with van der Waals surface area (Å²) < 4.78 is 5.55. The largest absolute Gasteiger partial charge is 0.456 e. The van der Waals surface area contributed by atoms with Crippen molar-refractivity contribution in [1.29, 1.82) is 0 Å². The van der Waals surface area contributed by atoms with Gasteiger partial charge in [0.1, 0.15) is 16.8 Å². The van der Waals surface area contributed by atoms with Gasteiger partial charge in [-0.3, -0.25) is 0 Å². The summed E-state index contributed by atoms with van der Waals surface area (Å²) in [4.78, 5) is 18.0. The van der Waals surface area contributed by atoms with Gasteiger partial charge in [0.2, 0.25) is 0 Å². The van der Waals surface area contributed by atoms with E-state index < -0.39 is 0 Å². The number of halogens is 1. The number of nitrogens with zero attached hydrogens (tertiary/aromatic N) is 4. The molecule has 0 aliphatic rings. The van der Waals surface area contributed by atoms with Crippen LogP contribution in [0.15, 0.2) is 30.6 Å². The van der Waals surface area contributed by atoms with Crippen LogP contribution >= 0.6 is 22.9 Å². The summed E-state index contributed by atoms with van der Waals surface area (Å²) in [5.74, 6) is 0. The number of hydrogen-bond acceptors (Lipinski definition) is 6. The van der Waals surface area contributed by atoms with Gasteiger partial charge in [0, 0.05) is 12.4 Å². The lowest BCUT2D eigenvalue weighted by Gasteiger charge is -2.01. The monoisotopic (exact) mass is 332 g/mol. The first-order valence-electron chi connectivity index (χ1n) is 6.62. The second-order valence-electron chi connectivity index (χ2n) is 4.70. The maximum Gasteiger partial charge on any atom is 0.316 e. The zero-order chi connectivity index (χ0) is 15.5. The molecule has 7 heteroatoms. The fraction of sp³-hybridized carbons (Fsp3) is 0.200. The summed E-state index contributed by atoms with van der Waals surface area (Å²) in [6.07, 6.45) is 3.44. The number of aromatic nitrogens is 4. The Labute approximate surface area is 137 Å². The molecule has 0 unspecified atom stereocenters. The van der Waals surface area contributed by atoms with E-state index in [9.17, 15) is 0 Å². The van der Waals surface area contributed by atoms with E-state index in [0.717, 1.165) is 26.8 Å². The SMILES string of the molecule is Cc1cnc(OCc2nc(C)c(-c3cccc(Cl)n3)s2)nc1. The third-order valence-corrected chi connectivity index (χ3v) is 4.23. The highest BCUT2D eigenvalue weighted by Gasteiger charge is 2.12. The van der Waals surface area contributed by atoms with E-state index in [1.165, 1.54) is 11.3 Å². The van der Waals surface area contributed by atoms with E-state index in [4.69, 9.17) is 16.3 Å². The Morgan fingerprint density at radius 1 is 1.14 bits per heavy atom. The topological polar surface area (TPSA) is 60.8 Å². The molecule has 3 aromatic heterocycles. The van der Waals surface area contributed by atoms with Crippen LogP contribution in [0.25, 0.3) is 10.6 Å².